The second-order valence-corrected chi connectivity index (χ2v) is 3.60. The lowest BCUT2D eigenvalue weighted by atomic mass is 9.98. The van der Waals surface area contributed by atoms with Crippen LogP contribution in [-0.4, -0.2) is 24.2 Å². The zero-order chi connectivity index (χ0) is 10.8. The van der Waals surface area contributed by atoms with E-state index in [4.69, 9.17) is 9.84 Å². The van der Waals surface area contributed by atoms with Gasteiger partial charge in [0.1, 0.15) is 11.8 Å². The van der Waals surface area contributed by atoms with Crippen molar-refractivity contribution >= 4 is 11.7 Å². The SMILES string of the molecule is COc1ccc2c(c1)N[C@H](C(=O)O)CC2. The third-order valence-corrected chi connectivity index (χ3v) is 2.65. The van der Waals surface area contributed by atoms with Crippen LogP contribution in [0.5, 0.6) is 5.75 Å². The van der Waals surface area contributed by atoms with Crippen molar-refractivity contribution in [2.45, 2.75) is 18.9 Å². The van der Waals surface area contributed by atoms with E-state index in [0.29, 0.717) is 6.42 Å². The van der Waals surface area contributed by atoms with E-state index in [-0.39, 0.29) is 0 Å². The van der Waals surface area contributed by atoms with Crippen LogP contribution in [0.15, 0.2) is 18.2 Å². The first-order valence-corrected chi connectivity index (χ1v) is 4.87. The normalized spacial score (nSPS) is 18.9. The monoisotopic (exact) mass is 207 g/mol. The van der Waals surface area contributed by atoms with Crippen molar-refractivity contribution in [2.24, 2.45) is 0 Å². The number of methoxy groups -OCH3 is 1. The summed E-state index contributed by atoms with van der Waals surface area (Å²) in [6.07, 6.45) is 1.43. The number of nitrogens with one attached hydrogen (secondary N) is 1. The Labute approximate surface area is 87.9 Å². The lowest BCUT2D eigenvalue weighted by Gasteiger charge is -2.24. The Morgan fingerprint density at radius 2 is 2.40 bits per heavy atom. The molecular weight excluding hydrogens is 194 g/mol. The minimum atomic E-state index is -0.802. The van der Waals surface area contributed by atoms with Gasteiger partial charge in [0.05, 0.1) is 7.11 Å². The quantitative estimate of drug-likeness (QED) is 0.771. The second kappa shape index (κ2) is 3.81. The lowest BCUT2D eigenvalue weighted by Crippen LogP contribution is -2.33. The van der Waals surface area contributed by atoms with Crippen molar-refractivity contribution in [1.29, 1.82) is 0 Å². The molecule has 4 nitrogen and oxygen atoms in total. The first kappa shape index (κ1) is 9.83. The summed E-state index contributed by atoms with van der Waals surface area (Å²) in [7, 11) is 1.60. The molecule has 2 N–H and O–H groups in total. The maximum Gasteiger partial charge on any atom is 0.326 e. The van der Waals surface area contributed by atoms with Gasteiger partial charge in [-0.3, -0.25) is 0 Å². The molecule has 80 valence electrons. The zero-order valence-electron chi connectivity index (χ0n) is 8.49. The van der Waals surface area contributed by atoms with Crippen molar-refractivity contribution in [3.8, 4) is 5.75 Å². The van der Waals surface area contributed by atoms with E-state index in [9.17, 15) is 4.79 Å². The standard InChI is InChI=1S/C11H13NO3/c1-15-8-4-2-7-3-5-9(11(13)14)12-10(7)6-8/h2,4,6,9,12H,3,5H2,1H3,(H,13,14)/t9-/m0/s1. The van der Waals surface area contributed by atoms with Gasteiger partial charge in [-0.15, -0.1) is 0 Å². The van der Waals surface area contributed by atoms with Gasteiger partial charge in [0, 0.05) is 11.8 Å². The number of carbonyl (C=O) groups is 1. The summed E-state index contributed by atoms with van der Waals surface area (Å²) in [6, 6.07) is 5.22. The minimum absolute atomic E-state index is 0.482. The summed E-state index contributed by atoms with van der Waals surface area (Å²) in [5.41, 5.74) is 2.02. The molecule has 1 aliphatic rings. The highest BCUT2D eigenvalue weighted by Gasteiger charge is 2.23. The van der Waals surface area contributed by atoms with Crippen LogP contribution in [0.2, 0.25) is 0 Å². The van der Waals surface area contributed by atoms with Crippen LogP contribution < -0.4 is 10.1 Å². The predicted octanol–water partition coefficient (Wildman–Crippen LogP) is 1.51. The third-order valence-electron chi connectivity index (χ3n) is 2.65. The van der Waals surface area contributed by atoms with E-state index in [1.165, 1.54) is 0 Å². The molecule has 0 amide bonds. The second-order valence-electron chi connectivity index (χ2n) is 3.60. The number of ether oxygens (including phenoxy) is 1. The number of carboxylic acid groups (broad SMARTS) is 1. The van der Waals surface area contributed by atoms with Crippen LogP contribution in [0.4, 0.5) is 5.69 Å². The first-order chi connectivity index (χ1) is 7.20. The lowest BCUT2D eigenvalue weighted by molar-refractivity contribution is -0.138. The summed E-state index contributed by atoms with van der Waals surface area (Å²) in [4.78, 5) is 10.8. The van der Waals surface area contributed by atoms with Crippen LogP contribution in [-0.2, 0) is 11.2 Å². The molecule has 0 fully saturated rings. The smallest absolute Gasteiger partial charge is 0.326 e. The Hall–Kier alpha value is -1.71. The number of hydrogen-bond acceptors (Lipinski definition) is 3. The fraction of sp³-hybridized carbons (Fsp3) is 0.364. The van der Waals surface area contributed by atoms with Crippen LogP contribution in [0.25, 0.3) is 0 Å². The molecular formula is C11H13NO3. The van der Waals surface area contributed by atoms with E-state index < -0.39 is 12.0 Å². The molecule has 0 saturated heterocycles. The highest BCUT2D eigenvalue weighted by molar-refractivity contribution is 5.79. The van der Waals surface area contributed by atoms with Gasteiger partial charge in [0.25, 0.3) is 0 Å². The maximum atomic E-state index is 10.8. The van der Waals surface area contributed by atoms with Crippen molar-refractivity contribution in [2.75, 3.05) is 12.4 Å². The summed E-state index contributed by atoms with van der Waals surface area (Å²) >= 11 is 0. The topological polar surface area (TPSA) is 58.6 Å². The molecule has 0 spiro atoms. The predicted molar refractivity (Wildman–Crippen MR) is 56.4 cm³/mol. The van der Waals surface area contributed by atoms with E-state index in [1.807, 2.05) is 18.2 Å². The first-order valence-electron chi connectivity index (χ1n) is 4.87. The van der Waals surface area contributed by atoms with E-state index >= 15 is 0 Å². The van der Waals surface area contributed by atoms with E-state index in [2.05, 4.69) is 5.32 Å². The largest absolute Gasteiger partial charge is 0.497 e. The Balaban J connectivity index is 2.27. The summed E-state index contributed by atoms with van der Waals surface area (Å²) < 4.78 is 5.09. The van der Waals surface area contributed by atoms with Crippen molar-refractivity contribution in [3.05, 3.63) is 23.8 Å². The maximum absolute atomic E-state index is 10.8. The van der Waals surface area contributed by atoms with Crippen LogP contribution in [0.3, 0.4) is 0 Å². The third kappa shape index (κ3) is 1.88. The van der Waals surface area contributed by atoms with Crippen LogP contribution >= 0.6 is 0 Å². The molecule has 0 bridgehead atoms. The molecule has 2 rings (SSSR count). The molecule has 0 aromatic heterocycles. The molecule has 0 unspecified atom stereocenters. The number of benzene rings is 1. The van der Waals surface area contributed by atoms with Crippen molar-refractivity contribution in [3.63, 3.8) is 0 Å². The molecule has 1 aliphatic heterocycles. The molecule has 0 saturated carbocycles. The number of anilines is 1. The van der Waals surface area contributed by atoms with Gasteiger partial charge in [-0.1, -0.05) is 6.07 Å². The number of aryl methyl sites for hydroxylation is 1. The van der Waals surface area contributed by atoms with Crippen molar-refractivity contribution < 1.29 is 14.6 Å². The highest BCUT2D eigenvalue weighted by Crippen LogP contribution is 2.28. The zero-order valence-corrected chi connectivity index (χ0v) is 8.49. The molecule has 1 aromatic carbocycles. The number of hydrogen-bond donors (Lipinski definition) is 2. The van der Waals surface area contributed by atoms with Crippen molar-refractivity contribution in [1.82, 2.24) is 0 Å². The molecule has 4 heteroatoms. The molecule has 0 aliphatic carbocycles. The summed E-state index contributed by atoms with van der Waals surface area (Å²) in [6.45, 7) is 0. The van der Waals surface area contributed by atoms with Gasteiger partial charge in [0.15, 0.2) is 0 Å². The minimum Gasteiger partial charge on any atom is -0.497 e. The molecule has 1 aromatic rings. The average molecular weight is 207 g/mol. The number of rotatable bonds is 2. The number of fused-ring (bicyclic) bond motifs is 1. The van der Waals surface area contributed by atoms with E-state index in [1.54, 1.807) is 7.11 Å². The Morgan fingerprint density at radius 1 is 1.60 bits per heavy atom. The van der Waals surface area contributed by atoms with Gasteiger partial charge in [-0.25, -0.2) is 4.79 Å². The fourth-order valence-electron chi connectivity index (χ4n) is 1.78. The molecule has 1 atom stereocenters. The van der Waals surface area contributed by atoms with Gasteiger partial charge in [-0.2, -0.15) is 0 Å². The Morgan fingerprint density at radius 3 is 3.07 bits per heavy atom. The average Bonchev–Trinajstić information content (AvgIpc) is 2.27. The fourth-order valence-corrected chi connectivity index (χ4v) is 1.78. The molecule has 15 heavy (non-hydrogen) atoms. The van der Waals surface area contributed by atoms with Crippen LogP contribution in [0.1, 0.15) is 12.0 Å². The van der Waals surface area contributed by atoms with Gasteiger partial charge in [0.2, 0.25) is 0 Å². The van der Waals surface area contributed by atoms with Gasteiger partial charge in [-0.05, 0) is 24.5 Å². The van der Waals surface area contributed by atoms with E-state index in [0.717, 1.165) is 23.4 Å². The summed E-state index contributed by atoms with van der Waals surface area (Å²) in [5.74, 6) is -0.0595. The number of carboxylic acids is 1. The van der Waals surface area contributed by atoms with Gasteiger partial charge >= 0.3 is 5.97 Å². The van der Waals surface area contributed by atoms with Crippen LogP contribution in [0, 0.1) is 0 Å². The highest BCUT2D eigenvalue weighted by atomic mass is 16.5. The Bertz CT molecular complexity index is 389. The summed E-state index contributed by atoms with van der Waals surface area (Å²) in [5, 5.41) is 11.9. The molecule has 1 heterocycles. The molecule has 0 radical (unpaired) electrons. The number of aliphatic carboxylic acids is 1. The van der Waals surface area contributed by atoms with Gasteiger partial charge < -0.3 is 15.2 Å². The Kier molecular flexibility index (Phi) is 2.49.